The van der Waals surface area contributed by atoms with E-state index in [1.165, 1.54) is 10.1 Å². The van der Waals surface area contributed by atoms with Crippen LogP contribution in [0.3, 0.4) is 0 Å². The van der Waals surface area contributed by atoms with E-state index in [4.69, 9.17) is 4.98 Å². The quantitative estimate of drug-likeness (QED) is 0.395. The molecule has 0 spiro atoms. The van der Waals surface area contributed by atoms with Gasteiger partial charge in [0.25, 0.3) is 0 Å². The Bertz CT molecular complexity index is 1400. The number of thiazole rings is 1. The highest BCUT2D eigenvalue weighted by Crippen LogP contribution is 2.29. The predicted molar refractivity (Wildman–Crippen MR) is 112 cm³/mol. The highest BCUT2D eigenvalue weighted by Gasteiger charge is 2.09. The van der Waals surface area contributed by atoms with Crippen LogP contribution >= 0.6 is 11.3 Å². The van der Waals surface area contributed by atoms with Gasteiger partial charge in [-0.3, -0.25) is 0 Å². The van der Waals surface area contributed by atoms with Crippen LogP contribution in [0, 0.1) is 0 Å². The molecule has 6 aromatic rings. The molecule has 4 nitrogen and oxygen atoms in total. The maximum atomic E-state index is 4.76. The van der Waals surface area contributed by atoms with Gasteiger partial charge in [-0.2, -0.15) is 0 Å². The van der Waals surface area contributed by atoms with Crippen LogP contribution in [0.4, 0.5) is 0 Å². The SMILES string of the molecule is c1ccc2[nH]c(-c3ccc4nc(-c5ccc6scnc6c5)[nH]c4c3)cc2c1. The maximum Gasteiger partial charge on any atom is 0.138 e. The van der Waals surface area contributed by atoms with E-state index in [2.05, 4.69) is 75.6 Å². The molecule has 0 bridgehead atoms. The van der Waals surface area contributed by atoms with E-state index in [9.17, 15) is 0 Å². The Kier molecular flexibility index (Phi) is 3.01. The van der Waals surface area contributed by atoms with Crippen molar-refractivity contribution in [3.8, 4) is 22.6 Å². The normalized spacial score (nSPS) is 11.7. The number of hydrogen-bond acceptors (Lipinski definition) is 3. The van der Waals surface area contributed by atoms with Crippen LogP contribution in [0.2, 0.25) is 0 Å². The van der Waals surface area contributed by atoms with Gasteiger partial charge in [0, 0.05) is 27.7 Å². The molecule has 3 aromatic carbocycles. The number of H-pyrrole nitrogens is 2. The van der Waals surface area contributed by atoms with Gasteiger partial charge >= 0.3 is 0 Å². The molecule has 27 heavy (non-hydrogen) atoms. The molecule has 0 saturated carbocycles. The summed E-state index contributed by atoms with van der Waals surface area (Å²) in [4.78, 5) is 16.1. The second kappa shape index (κ2) is 5.53. The van der Waals surface area contributed by atoms with Gasteiger partial charge < -0.3 is 9.97 Å². The molecule has 3 aromatic heterocycles. The van der Waals surface area contributed by atoms with Gasteiger partial charge in [-0.25, -0.2) is 9.97 Å². The number of aromatic nitrogens is 4. The van der Waals surface area contributed by atoms with Crippen LogP contribution in [0.5, 0.6) is 0 Å². The summed E-state index contributed by atoms with van der Waals surface area (Å²) >= 11 is 1.65. The molecule has 0 unspecified atom stereocenters. The van der Waals surface area contributed by atoms with Crippen molar-refractivity contribution in [2.45, 2.75) is 0 Å². The highest BCUT2D eigenvalue weighted by molar-refractivity contribution is 7.16. The summed E-state index contributed by atoms with van der Waals surface area (Å²) in [5.41, 5.74) is 9.33. The van der Waals surface area contributed by atoms with E-state index in [0.29, 0.717) is 0 Å². The number of rotatable bonds is 2. The monoisotopic (exact) mass is 366 g/mol. The number of hydrogen-bond donors (Lipinski definition) is 2. The Morgan fingerprint density at radius 1 is 0.741 bits per heavy atom. The van der Waals surface area contributed by atoms with Crippen LogP contribution in [0.1, 0.15) is 0 Å². The van der Waals surface area contributed by atoms with Gasteiger partial charge in [-0.15, -0.1) is 11.3 Å². The number of fused-ring (bicyclic) bond motifs is 3. The molecule has 0 atom stereocenters. The summed E-state index contributed by atoms with van der Waals surface area (Å²) in [6, 6.07) is 23.1. The lowest BCUT2D eigenvalue weighted by atomic mass is 10.1. The van der Waals surface area contributed by atoms with E-state index < -0.39 is 0 Å². The third kappa shape index (κ3) is 2.36. The molecule has 0 amide bonds. The largest absolute Gasteiger partial charge is 0.355 e. The van der Waals surface area contributed by atoms with Crippen molar-refractivity contribution in [1.82, 2.24) is 19.9 Å². The van der Waals surface area contributed by atoms with Crippen LogP contribution < -0.4 is 0 Å². The Balaban J connectivity index is 1.46. The Morgan fingerprint density at radius 2 is 1.67 bits per heavy atom. The lowest BCUT2D eigenvalue weighted by Crippen LogP contribution is -1.80. The second-order valence-corrected chi connectivity index (χ2v) is 7.51. The van der Waals surface area contributed by atoms with Crippen molar-refractivity contribution in [1.29, 1.82) is 0 Å². The van der Waals surface area contributed by atoms with Crippen LogP contribution in [0.15, 0.2) is 72.2 Å². The van der Waals surface area contributed by atoms with Gasteiger partial charge in [-0.1, -0.05) is 24.3 Å². The molecule has 2 N–H and O–H groups in total. The van der Waals surface area contributed by atoms with Crippen LogP contribution in [0.25, 0.3) is 54.8 Å². The second-order valence-electron chi connectivity index (χ2n) is 6.62. The van der Waals surface area contributed by atoms with Gasteiger partial charge in [-0.05, 0) is 42.5 Å². The summed E-state index contributed by atoms with van der Waals surface area (Å²) in [5.74, 6) is 0.869. The van der Waals surface area contributed by atoms with Crippen LogP contribution in [-0.4, -0.2) is 19.9 Å². The smallest absolute Gasteiger partial charge is 0.138 e. The topological polar surface area (TPSA) is 57.4 Å². The van der Waals surface area contributed by atoms with E-state index in [0.717, 1.165) is 44.7 Å². The van der Waals surface area contributed by atoms with Crippen molar-refractivity contribution in [3.05, 3.63) is 72.2 Å². The first kappa shape index (κ1) is 14.7. The average molecular weight is 366 g/mol. The van der Waals surface area contributed by atoms with E-state index in [1.807, 2.05) is 11.6 Å². The molecule has 0 saturated heterocycles. The van der Waals surface area contributed by atoms with E-state index in [-0.39, 0.29) is 0 Å². The molecule has 0 aliphatic rings. The summed E-state index contributed by atoms with van der Waals surface area (Å²) < 4.78 is 1.19. The summed E-state index contributed by atoms with van der Waals surface area (Å²) in [7, 11) is 0. The minimum atomic E-state index is 0.869. The molecular weight excluding hydrogens is 352 g/mol. The summed E-state index contributed by atoms with van der Waals surface area (Å²) in [6.45, 7) is 0. The molecule has 0 radical (unpaired) electrons. The average Bonchev–Trinajstić information content (AvgIpc) is 3.42. The van der Waals surface area contributed by atoms with Gasteiger partial charge in [0.15, 0.2) is 0 Å². The van der Waals surface area contributed by atoms with Crippen LogP contribution in [-0.2, 0) is 0 Å². The number of aromatic amines is 2. The number of nitrogens with one attached hydrogen (secondary N) is 2. The lowest BCUT2D eigenvalue weighted by molar-refractivity contribution is 1.34. The summed E-state index contributed by atoms with van der Waals surface area (Å²) in [5, 5.41) is 1.22. The fraction of sp³-hybridized carbons (Fsp3) is 0. The van der Waals surface area contributed by atoms with Crippen molar-refractivity contribution in [2.75, 3.05) is 0 Å². The first-order valence-corrected chi connectivity index (χ1v) is 9.63. The van der Waals surface area contributed by atoms with Gasteiger partial charge in [0.2, 0.25) is 0 Å². The molecule has 6 rings (SSSR count). The van der Waals surface area contributed by atoms with Crippen molar-refractivity contribution in [2.24, 2.45) is 0 Å². The van der Waals surface area contributed by atoms with E-state index in [1.54, 1.807) is 11.3 Å². The zero-order chi connectivity index (χ0) is 17.8. The van der Waals surface area contributed by atoms with Crippen molar-refractivity contribution >= 4 is 43.5 Å². The standard InChI is InChI=1S/C22H14N4S/c1-2-4-16-13(3-1)9-18(24-16)14-5-7-17-19(10-14)26-22(25-17)15-6-8-21-20(11-15)23-12-27-21/h1-12,24H,(H,25,26). The first-order chi connectivity index (χ1) is 13.3. The van der Waals surface area contributed by atoms with Gasteiger partial charge in [0.05, 0.1) is 26.8 Å². The molecule has 3 heterocycles. The minimum Gasteiger partial charge on any atom is -0.355 e. The third-order valence-corrected chi connectivity index (χ3v) is 5.74. The highest BCUT2D eigenvalue weighted by atomic mass is 32.1. The molecule has 0 fully saturated rings. The Labute approximate surface area is 158 Å². The minimum absolute atomic E-state index is 0.869. The molecule has 5 heteroatoms. The maximum absolute atomic E-state index is 4.76. The fourth-order valence-electron chi connectivity index (χ4n) is 3.55. The Hall–Kier alpha value is -3.44. The first-order valence-electron chi connectivity index (χ1n) is 8.75. The predicted octanol–water partition coefficient (Wildman–Crippen LogP) is 5.99. The zero-order valence-corrected chi connectivity index (χ0v) is 15.0. The van der Waals surface area contributed by atoms with Crippen molar-refractivity contribution in [3.63, 3.8) is 0 Å². The molecule has 0 aliphatic carbocycles. The lowest BCUT2D eigenvalue weighted by Gasteiger charge is -1.97. The molecular formula is C22H14N4S. The fourth-order valence-corrected chi connectivity index (χ4v) is 4.21. The third-order valence-electron chi connectivity index (χ3n) is 4.93. The van der Waals surface area contributed by atoms with Gasteiger partial charge in [0.1, 0.15) is 5.82 Å². The number of benzene rings is 3. The van der Waals surface area contributed by atoms with Crippen molar-refractivity contribution < 1.29 is 0 Å². The number of para-hydroxylation sites is 1. The summed E-state index contributed by atoms with van der Waals surface area (Å²) in [6.07, 6.45) is 0. The number of nitrogens with zero attached hydrogens (tertiary/aromatic N) is 2. The number of imidazole rings is 1. The van der Waals surface area contributed by atoms with E-state index >= 15 is 0 Å². The Morgan fingerprint density at radius 3 is 2.63 bits per heavy atom. The molecule has 128 valence electrons. The zero-order valence-electron chi connectivity index (χ0n) is 14.2. The molecule has 0 aliphatic heterocycles.